The van der Waals surface area contributed by atoms with Gasteiger partial charge in [0, 0.05) is 36.1 Å². The van der Waals surface area contributed by atoms with E-state index >= 15 is 0 Å². The number of nitrogens with two attached hydrogens (primary N) is 1. The van der Waals surface area contributed by atoms with Gasteiger partial charge < -0.3 is 21.0 Å². The van der Waals surface area contributed by atoms with Gasteiger partial charge in [-0.15, -0.1) is 0 Å². The molecule has 4 N–H and O–H groups in total. The van der Waals surface area contributed by atoms with Gasteiger partial charge in [-0.05, 0) is 48.7 Å². The molecular weight excluding hydrogens is 539 g/mol. The molecule has 10 nitrogen and oxygen atoms in total. The van der Waals surface area contributed by atoms with E-state index in [4.69, 9.17) is 15.7 Å². The number of hydrogen-bond donors (Lipinski definition) is 3. The number of aliphatic imine (C=N–C) groups is 1. The van der Waals surface area contributed by atoms with Crippen molar-refractivity contribution in [2.75, 3.05) is 25.1 Å². The van der Waals surface area contributed by atoms with Crippen molar-refractivity contribution in [2.45, 2.75) is 26.6 Å². The van der Waals surface area contributed by atoms with Crippen LogP contribution in [0.2, 0.25) is 0 Å². The SMILES string of the molecule is Cc1cnc2nc(-c3ccc(C)c(NC(=O)c4ccc(CN=C/C(COCCO)=N\N)cc4C(F)(F)F)c3)cn2c1. The Balaban J connectivity index is 1.55. The Morgan fingerprint density at radius 1 is 1.20 bits per heavy atom. The van der Waals surface area contributed by atoms with E-state index < -0.39 is 23.2 Å². The first kappa shape index (κ1) is 29.4. The first-order valence-corrected chi connectivity index (χ1v) is 12.5. The average molecular weight is 568 g/mol. The minimum atomic E-state index is -4.78. The number of benzene rings is 2. The molecule has 0 unspecified atom stereocenters. The normalized spacial score (nSPS) is 12.4. The second kappa shape index (κ2) is 12.7. The largest absolute Gasteiger partial charge is 0.417 e. The number of hydrogen-bond acceptors (Lipinski definition) is 8. The van der Waals surface area contributed by atoms with Crippen LogP contribution in [0.3, 0.4) is 0 Å². The van der Waals surface area contributed by atoms with Crippen LogP contribution in [0, 0.1) is 13.8 Å². The zero-order chi connectivity index (χ0) is 29.6. The van der Waals surface area contributed by atoms with Gasteiger partial charge in [-0.2, -0.15) is 18.3 Å². The van der Waals surface area contributed by atoms with E-state index in [-0.39, 0.29) is 37.6 Å². The fourth-order valence-corrected chi connectivity index (χ4v) is 3.96. The third kappa shape index (κ3) is 7.32. The predicted octanol–water partition coefficient (Wildman–Crippen LogP) is 4.18. The molecule has 0 radical (unpaired) electrons. The Labute approximate surface area is 233 Å². The van der Waals surface area contributed by atoms with Crippen LogP contribution in [0.4, 0.5) is 18.9 Å². The van der Waals surface area contributed by atoms with Crippen LogP contribution in [0.25, 0.3) is 17.0 Å². The molecule has 0 bridgehead atoms. The topological polar surface area (TPSA) is 139 Å². The van der Waals surface area contributed by atoms with Crippen LogP contribution in [-0.2, 0) is 17.5 Å². The number of carbonyl (C=O) groups is 1. The first-order valence-electron chi connectivity index (χ1n) is 12.5. The Morgan fingerprint density at radius 3 is 2.73 bits per heavy atom. The monoisotopic (exact) mass is 567 g/mol. The summed E-state index contributed by atoms with van der Waals surface area (Å²) < 4.78 is 48.9. The highest BCUT2D eigenvalue weighted by Gasteiger charge is 2.35. The van der Waals surface area contributed by atoms with E-state index in [1.807, 2.05) is 19.2 Å². The summed E-state index contributed by atoms with van der Waals surface area (Å²) in [7, 11) is 0. The molecule has 4 aromatic rings. The van der Waals surface area contributed by atoms with E-state index in [9.17, 15) is 18.0 Å². The number of aryl methyl sites for hydroxylation is 2. The maximum absolute atomic E-state index is 14.0. The van der Waals surface area contributed by atoms with Crippen LogP contribution in [-0.4, -0.2) is 57.1 Å². The van der Waals surface area contributed by atoms with Crippen molar-refractivity contribution in [1.82, 2.24) is 14.4 Å². The number of aromatic nitrogens is 3. The summed E-state index contributed by atoms with van der Waals surface area (Å²) in [6.07, 6.45) is 1.86. The van der Waals surface area contributed by atoms with Crippen molar-refractivity contribution >= 4 is 29.3 Å². The molecule has 2 aromatic carbocycles. The van der Waals surface area contributed by atoms with Crippen LogP contribution < -0.4 is 11.2 Å². The summed E-state index contributed by atoms with van der Waals surface area (Å²) in [6.45, 7) is 3.42. The number of nitrogens with one attached hydrogen (secondary N) is 1. The molecule has 0 aliphatic rings. The van der Waals surface area contributed by atoms with Gasteiger partial charge in [0.1, 0.15) is 5.71 Å². The Kier molecular flexibility index (Phi) is 9.10. The second-order valence-corrected chi connectivity index (χ2v) is 9.19. The molecule has 214 valence electrons. The quantitative estimate of drug-likeness (QED) is 0.114. The van der Waals surface area contributed by atoms with Crippen LogP contribution in [0.15, 0.2) is 65.1 Å². The predicted molar refractivity (Wildman–Crippen MR) is 149 cm³/mol. The van der Waals surface area contributed by atoms with Crippen molar-refractivity contribution in [1.29, 1.82) is 0 Å². The van der Waals surface area contributed by atoms with E-state index in [1.54, 1.807) is 35.9 Å². The number of imidazole rings is 1. The number of ether oxygens (including phenoxy) is 1. The van der Waals surface area contributed by atoms with E-state index in [1.165, 1.54) is 12.3 Å². The number of aliphatic hydroxyl groups is 1. The van der Waals surface area contributed by atoms with Crippen molar-refractivity contribution in [3.05, 3.63) is 82.8 Å². The lowest BCUT2D eigenvalue weighted by Crippen LogP contribution is -2.19. The first-order chi connectivity index (χ1) is 19.6. The van der Waals surface area contributed by atoms with Crippen LogP contribution >= 0.6 is 0 Å². The number of rotatable bonds is 10. The molecule has 41 heavy (non-hydrogen) atoms. The number of amides is 1. The molecule has 0 spiro atoms. The number of hydrazone groups is 1. The second-order valence-electron chi connectivity index (χ2n) is 9.19. The summed E-state index contributed by atoms with van der Waals surface area (Å²) in [6, 6.07) is 8.66. The minimum absolute atomic E-state index is 0.0121. The summed E-state index contributed by atoms with van der Waals surface area (Å²) in [5.41, 5.74) is 2.11. The lowest BCUT2D eigenvalue weighted by molar-refractivity contribution is -0.137. The van der Waals surface area contributed by atoms with Crippen molar-refractivity contribution in [3.8, 4) is 11.3 Å². The lowest BCUT2D eigenvalue weighted by atomic mass is 10.0. The number of fused-ring (bicyclic) bond motifs is 1. The van der Waals surface area contributed by atoms with Gasteiger partial charge >= 0.3 is 6.18 Å². The van der Waals surface area contributed by atoms with Gasteiger partial charge in [0.15, 0.2) is 0 Å². The fourth-order valence-electron chi connectivity index (χ4n) is 3.96. The zero-order valence-electron chi connectivity index (χ0n) is 22.3. The summed E-state index contributed by atoms with van der Waals surface area (Å²) in [5, 5.41) is 14.9. The smallest absolute Gasteiger partial charge is 0.394 e. The highest BCUT2D eigenvalue weighted by Crippen LogP contribution is 2.34. The molecule has 13 heteroatoms. The number of halogens is 3. The minimum Gasteiger partial charge on any atom is -0.394 e. The molecule has 0 saturated heterocycles. The Bertz CT molecular complexity index is 1610. The Hall–Kier alpha value is -4.62. The van der Waals surface area contributed by atoms with Gasteiger partial charge in [0.05, 0.1) is 43.2 Å². The highest BCUT2D eigenvalue weighted by molar-refractivity contribution is 6.31. The number of anilines is 1. The van der Waals surface area contributed by atoms with Crippen LogP contribution in [0.1, 0.15) is 32.6 Å². The van der Waals surface area contributed by atoms with Crippen molar-refractivity contribution in [2.24, 2.45) is 15.9 Å². The molecular formula is C28H28F3N7O3. The lowest BCUT2D eigenvalue weighted by Gasteiger charge is -2.15. The van der Waals surface area contributed by atoms with Crippen LogP contribution in [0.5, 0.6) is 0 Å². The number of alkyl halides is 3. The summed E-state index contributed by atoms with van der Waals surface area (Å²) >= 11 is 0. The van der Waals surface area contributed by atoms with Gasteiger partial charge in [0.25, 0.3) is 5.91 Å². The maximum Gasteiger partial charge on any atom is 0.417 e. The number of carbonyl (C=O) groups excluding carboxylic acids is 1. The van der Waals surface area contributed by atoms with E-state index in [2.05, 4.69) is 25.4 Å². The van der Waals surface area contributed by atoms with Crippen molar-refractivity contribution in [3.63, 3.8) is 0 Å². The van der Waals surface area contributed by atoms with Gasteiger partial charge in [-0.3, -0.25) is 14.2 Å². The highest BCUT2D eigenvalue weighted by atomic mass is 19.4. The molecule has 0 aliphatic carbocycles. The molecule has 0 saturated carbocycles. The van der Waals surface area contributed by atoms with Crippen molar-refractivity contribution < 1.29 is 27.8 Å². The average Bonchev–Trinajstić information content (AvgIpc) is 3.36. The molecule has 2 aromatic heterocycles. The van der Waals surface area contributed by atoms with Gasteiger partial charge in [-0.25, -0.2) is 9.97 Å². The molecule has 0 aliphatic heterocycles. The third-order valence-corrected chi connectivity index (χ3v) is 6.02. The number of nitrogens with zero attached hydrogens (tertiary/aromatic N) is 5. The standard InChI is InChI=1S/C28H28F3N7O3/c1-17-11-34-27-36-25(15-38(27)14-17)20-5-3-18(2)24(10-20)35-26(40)22-6-4-19(9-23(22)28(29,30)31)12-33-13-21(37-32)16-41-8-7-39/h3-6,9-11,13-15,39H,7-8,12,16,32H2,1-2H3,(H,35,40)/b33-13?,37-21+. The molecule has 2 heterocycles. The molecule has 0 fully saturated rings. The fraction of sp³-hybridized carbons (Fsp3) is 0.250. The third-order valence-electron chi connectivity index (χ3n) is 6.02. The van der Waals surface area contributed by atoms with Gasteiger partial charge in [-0.1, -0.05) is 18.2 Å². The molecule has 4 rings (SSSR count). The number of aliphatic hydroxyl groups excluding tert-OH is 1. The van der Waals surface area contributed by atoms with Gasteiger partial charge in [0.2, 0.25) is 5.78 Å². The maximum atomic E-state index is 14.0. The zero-order valence-corrected chi connectivity index (χ0v) is 22.3. The summed E-state index contributed by atoms with van der Waals surface area (Å²) in [5.74, 6) is 4.86. The Morgan fingerprint density at radius 2 is 2.00 bits per heavy atom. The van der Waals surface area contributed by atoms with E-state index in [0.29, 0.717) is 28.3 Å². The van der Waals surface area contributed by atoms with E-state index in [0.717, 1.165) is 17.7 Å². The molecule has 1 amide bonds. The summed E-state index contributed by atoms with van der Waals surface area (Å²) in [4.78, 5) is 26.0. The molecule has 0 atom stereocenters.